The molecule has 0 aliphatic rings. The standard InChI is InChI=1S/C14H16N2O3/c1-9-6-11(16-14(8-17)15-9)10-4-5-12(18-2)13(7-10)19-3/h4-7,17H,8H2,1-3H3. The number of hydrogen-bond acceptors (Lipinski definition) is 5. The van der Waals surface area contributed by atoms with E-state index in [2.05, 4.69) is 9.97 Å². The molecule has 0 amide bonds. The van der Waals surface area contributed by atoms with E-state index in [0.29, 0.717) is 17.3 Å². The van der Waals surface area contributed by atoms with Crippen molar-refractivity contribution in [1.82, 2.24) is 9.97 Å². The third kappa shape index (κ3) is 2.82. The first-order chi connectivity index (χ1) is 9.17. The van der Waals surface area contributed by atoms with Gasteiger partial charge in [-0.2, -0.15) is 0 Å². The first kappa shape index (κ1) is 13.3. The van der Waals surface area contributed by atoms with Gasteiger partial charge in [0.05, 0.1) is 19.9 Å². The highest BCUT2D eigenvalue weighted by Gasteiger charge is 2.09. The van der Waals surface area contributed by atoms with E-state index in [0.717, 1.165) is 17.0 Å². The van der Waals surface area contributed by atoms with Crippen LogP contribution in [0.25, 0.3) is 11.3 Å². The van der Waals surface area contributed by atoms with Crippen molar-refractivity contribution in [2.45, 2.75) is 13.5 Å². The molecule has 0 radical (unpaired) electrons. The Morgan fingerprint density at radius 2 is 1.79 bits per heavy atom. The zero-order chi connectivity index (χ0) is 13.8. The van der Waals surface area contributed by atoms with E-state index in [1.807, 2.05) is 31.2 Å². The summed E-state index contributed by atoms with van der Waals surface area (Å²) >= 11 is 0. The fourth-order valence-corrected chi connectivity index (χ4v) is 1.84. The summed E-state index contributed by atoms with van der Waals surface area (Å²) in [6, 6.07) is 7.43. The maximum Gasteiger partial charge on any atom is 0.161 e. The fraction of sp³-hybridized carbons (Fsp3) is 0.286. The third-order valence-electron chi connectivity index (χ3n) is 2.72. The molecule has 0 fully saturated rings. The van der Waals surface area contributed by atoms with Crippen LogP contribution in [-0.4, -0.2) is 29.3 Å². The second-order valence-corrected chi connectivity index (χ2v) is 4.04. The molecule has 19 heavy (non-hydrogen) atoms. The SMILES string of the molecule is COc1ccc(-c2cc(C)nc(CO)n2)cc1OC. The molecule has 2 aromatic rings. The Kier molecular flexibility index (Phi) is 3.97. The Morgan fingerprint density at radius 1 is 1.05 bits per heavy atom. The summed E-state index contributed by atoms with van der Waals surface area (Å²) in [6.07, 6.45) is 0. The molecule has 2 rings (SSSR count). The van der Waals surface area contributed by atoms with Crippen molar-refractivity contribution in [3.63, 3.8) is 0 Å². The van der Waals surface area contributed by atoms with Crippen molar-refractivity contribution in [3.8, 4) is 22.8 Å². The summed E-state index contributed by atoms with van der Waals surface area (Å²) in [5, 5.41) is 9.15. The Bertz CT molecular complexity index is 585. The molecule has 5 nitrogen and oxygen atoms in total. The van der Waals surface area contributed by atoms with E-state index in [1.165, 1.54) is 0 Å². The summed E-state index contributed by atoms with van der Waals surface area (Å²) in [5.74, 6) is 1.71. The molecule has 0 aliphatic heterocycles. The minimum Gasteiger partial charge on any atom is -0.493 e. The number of benzene rings is 1. The summed E-state index contributed by atoms with van der Waals surface area (Å²) in [6.45, 7) is 1.69. The molecule has 1 heterocycles. The maximum absolute atomic E-state index is 9.15. The average molecular weight is 260 g/mol. The van der Waals surface area contributed by atoms with Crippen LogP contribution in [-0.2, 0) is 6.61 Å². The number of rotatable bonds is 4. The van der Waals surface area contributed by atoms with Gasteiger partial charge in [0.25, 0.3) is 0 Å². The van der Waals surface area contributed by atoms with Gasteiger partial charge in [-0.05, 0) is 31.2 Å². The predicted molar refractivity (Wildman–Crippen MR) is 71.2 cm³/mol. The zero-order valence-corrected chi connectivity index (χ0v) is 11.2. The van der Waals surface area contributed by atoms with Crippen molar-refractivity contribution in [2.75, 3.05) is 14.2 Å². The van der Waals surface area contributed by atoms with Crippen molar-refractivity contribution in [2.24, 2.45) is 0 Å². The fourth-order valence-electron chi connectivity index (χ4n) is 1.84. The Morgan fingerprint density at radius 3 is 2.42 bits per heavy atom. The van der Waals surface area contributed by atoms with E-state index in [1.54, 1.807) is 14.2 Å². The molecular weight excluding hydrogens is 244 g/mol. The minimum absolute atomic E-state index is 0.179. The van der Waals surface area contributed by atoms with Crippen LogP contribution in [0, 0.1) is 6.92 Å². The smallest absolute Gasteiger partial charge is 0.161 e. The van der Waals surface area contributed by atoms with E-state index < -0.39 is 0 Å². The highest BCUT2D eigenvalue weighted by molar-refractivity contribution is 5.64. The monoisotopic (exact) mass is 260 g/mol. The van der Waals surface area contributed by atoms with Crippen molar-refractivity contribution < 1.29 is 14.6 Å². The Hall–Kier alpha value is -2.14. The lowest BCUT2D eigenvalue weighted by atomic mass is 10.1. The van der Waals surface area contributed by atoms with Crippen LogP contribution >= 0.6 is 0 Å². The summed E-state index contributed by atoms with van der Waals surface area (Å²) in [7, 11) is 3.18. The molecule has 1 N–H and O–H groups in total. The Labute approximate surface area is 111 Å². The molecule has 0 saturated heterocycles. The molecule has 0 unspecified atom stereocenters. The number of aryl methyl sites for hydroxylation is 1. The van der Waals surface area contributed by atoms with Gasteiger partial charge in [0.2, 0.25) is 0 Å². The van der Waals surface area contributed by atoms with E-state index in [-0.39, 0.29) is 6.61 Å². The maximum atomic E-state index is 9.15. The van der Waals surface area contributed by atoms with Gasteiger partial charge in [-0.3, -0.25) is 0 Å². The van der Waals surface area contributed by atoms with Crippen LogP contribution in [0.1, 0.15) is 11.5 Å². The number of aromatic nitrogens is 2. The van der Waals surface area contributed by atoms with Crippen LogP contribution in [0.2, 0.25) is 0 Å². The topological polar surface area (TPSA) is 64.5 Å². The summed E-state index contributed by atoms with van der Waals surface area (Å²) in [4.78, 5) is 8.43. The van der Waals surface area contributed by atoms with Gasteiger partial charge in [-0.15, -0.1) is 0 Å². The van der Waals surface area contributed by atoms with Crippen LogP contribution in [0.3, 0.4) is 0 Å². The van der Waals surface area contributed by atoms with Crippen molar-refractivity contribution in [1.29, 1.82) is 0 Å². The lowest BCUT2D eigenvalue weighted by molar-refractivity contribution is 0.271. The van der Waals surface area contributed by atoms with Gasteiger partial charge in [0.15, 0.2) is 17.3 Å². The zero-order valence-electron chi connectivity index (χ0n) is 11.2. The van der Waals surface area contributed by atoms with Gasteiger partial charge in [0.1, 0.15) is 6.61 Å². The normalized spacial score (nSPS) is 10.3. The van der Waals surface area contributed by atoms with Gasteiger partial charge < -0.3 is 14.6 Å². The Balaban J connectivity index is 2.49. The van der Waals surface area contributed by atoms with E-state index >= 15 is 0 Å². The quantitative estimate of drug-likeness (QED) is 0.910. The lowest BCUT2D eigenvalue weighted by Gasteiger charge is -2.10. The first-order valence-corrected chi connectivity index (χ1v) is 5.85. The van der Waals surface area contributed by atoms with Crippen LogP contribution in [0.4, 0.5) is 0 Å². The molecule has 0 atom stereocenters. The third-order valence-corrected chi connectivity index (χ3v) is 2.72. The van der Waals surface area contributed by atoms with Gasteiger partial charge in [0, 0.05) is 11.3 Å². The van der Waals surface area contributed by atoms with Crippen molar-refractivity contribution in [3.05, 3.63) is 35.8 Å². The van der Waals surface area contributed by atoms with Crippen LogP contribution < -0.4 is 9.47 Å². The van der Waals surface area contributed by atoms with Crippen molar-refractivity contribution >= 4 is 0 Å². The van der Waals surface area contributed by atoms with Gasteiger partial charge >= 0.3 is 0 Å². The van der Waals surface area contributed by atoms with Crippen LogP contribution in [0.5, 0.6) is 11.5 Å². The molecule has 5 heteroatoms. The largest absolute Gasteiger partial charge is 0.493 e. The van der Waals surface area contributed by atoms with E-state index in [4.69, 9.17) is 14.6 Å². The summed E-state index contributed by atoms with van der Waals surface area (Å²) < 4.78 is 10.5. The minimum atomic E-state index is -0.179. The van der Waals surface area contributed by atoms with Crippen LogP contribution in [0.15, 0.2) is 24.3 Å². The molecule has 1 aromatic carbocycles. The predicted octanol–water partition coefficient (Wildman–Crippen LogP) is 1.96. The second kappa shape index (κ2) is 5.67. The number of methoxy groups -OCH3 is 2. The van der Waals surface area contributed by atoms with E-state index in [9.17, 15) is 0 Å². The lowest BCUT2D eigenvalue weighted by Crippen LogP contribution is -1.99. The average Bonchev–Trinajstić information content (AvgIpc) is 2.45. The molecular formula is C14H16N2O3. The first-order valence-electron chi connectivity index (χ1n) is 5.85. The highest BCUT2D eigenvalue weighted by atomic mass is 16.5. The molecule has 100 valence electrons. The van der Waals surface area contributed by atoms with Gasteiger partial charge in [-0.1, -0.05) is 0 Å². The molecule has 1 aromatic heterocycles. The molecule has 0 spiro atoms. The number of aliphatic hydroxyl groups excluding tert-OH is 1. The van der Waals surface area contributed by atoms with Gasteiger partial charge in [-0.25, -0.2) is 9.97 Å². The number of aliphatic hydroxyl groups is 1. The number of nitrogens with zero attached hydrogens (tertiary/aromatic N) is 2. The number of ether oxygens (including phenoxy) is 2. The molecule has 0 aliphatic carbocycles. The summed E-state index contributed by atoms with van der Waals surface area (Å²) in [5.41, 5.74) is 2.44. The highest BCUT2D eigenvalue weighted by Crippen LogP contribution is 2.31. The second-order valence-electron chi connectivity index (χ2n) is 4.04. The number of hydrogen-bond donors (Lipinski definition) is 1. The molecule has 0 bridgehead atoms. The molecule has 0 saturated carbocycles.